The Kier molecular flexibility index (Phi) is 5.60. The third-order valence-electron chi connectivity index (χ3n) is 7.47. The number of hydrogen-bond donors (Lipinski definition) is 0. The van der Waals surface area contributed by atoms with Crippen molar-refractivity contribution in [3.8, 4) is 0 Å². The Labute approximate surface area is 230 Å². The molecule has 0 amide bonds. The molecule has 7 rings (SSSR count). The van der Waals surface area contributed by atoms with E-state index in [0.717, 1.165) is 45.5 Å². The van der Waals surface area contributed by atoms with E-state index in [1.807, 2.05) is 60.7 Å². The van der Waals surface area contributed by atoms with E-state index in [9.17, 15) is 20.2 Å². The second-order valence-electron chi connectivity index (χ2n) is 9.72. The van der Waals surface area contributed by atoms with Crippen LogP contribution in [-0.4, -0.2) is 39.8 Å². The average molecular weight is 630 g/mol. The second-order valence-corrected chi connectivity index (χ2v) is 14.9. The van der Waals surface area contributed by atoms with Gasteiger partial charge < -0.3 is 0 Å². The Morgan fingerprint density at radius 1 is 0.579 bits per heavy atom. The molecular formula is C30H20N2O4Se2. The molecule has 2 aliphatic heterocycles. The van der Waals surface area contributed by atoms with Gasteiger partial charge in [-0.1, -0.05) is 0 Å². The zero-order valence-electron chi connectivity index (χ0n) is 20.0. The standard InChI is InChI=1S/C30H20N2O4Se2/c33-31(34)25-11-19-7-3-1-5-17(19)9-23(25)29-15-21-13-28-22(14-27(21)37-29)16-30(38-28)24-10-18-6-2-4-8-20(18)12-26(24)32(35)36/h1-14,29-30H,15-16H2. The van der Waals surface area contributed by atoms with Crippen LogP contribution >= 0.6 is 0 Å². The molecule has 0 fully saturated rings. The summed E-state index contributed by atoms with van der Waals surface area (Å²) < 4.78 is 2.63. The van der Waals surface area contributed by atoms with Gasteiger partial charge in [-0.3, -0.25) is 0 Å². The molecule has 0 saturated carbocycles. The van der Waals surface area contributed by atoms with Crippen LogP contribution in [0, 0.1) is 20.2 Å². The van der Waals surface area contributed by atoms with Crippen LogP contribution in [0.5, 0.6) is 0 Å². The van der Waals surface area contributed by atoms with Crippen LogP contribution in [0.15, 0.2) is 84.9 Å². The molecule has 38 heavy (non-hydrogen) atoms. The van der Waals surface area contributed by atoms with Gasteiger partial charge in [-0.05, 0) is 0 Å². The summed E-state index contributed by atoms with van der Waals surface area (Å²) in [5.41, 5.74) is 4.66. The minimum atomic E-state index is -0.245. The number of nitro groups is 2. The molecule has 0 aliphatic carbocycles. The average Bonchev–Trinajstić information content (AvgIpc) is 3.53. The van der Waals surface area contributed by atoms with Crippen molar-refractivity contribution in [3.05, 3.63) is 127 Å². The second kappa shape index (κ2) is 9.04. The number of hydrogen-bond acceptors (Lipinski definition) is 4. The van der Waals surface area contributed by atoms with Gasteiger partial charge in [-0.25, -0.2) is 0 Å². The number of nitrogens with zero attached hydrogens (tertiary/aromatic N) is 2. The van der Waals surface area contributed by atoms with Crippen molar-refractivity contribution in [2.24, 2.45) is 0 Å². The molecule has 2 unspecified atom stereocenters. The van der Waals surface area contributed by atoms with Crippen molar-refractivity contribution in [3.63, 3.8) is 0 Å². The summed E-state index contributed by atoms with van der Waals surface area (Å²) >= 11 is 0.162. The summed E-state index contributed by atoms with van der Waals surface area (Å²) in [6, 6.07) is 27.7. The molecule has 8 heteroatoms. The fourth-order valence-electron chi connectivity index (χ4n) is 5.64. The van der Waals surface area contributed by atoms with Crippen LogP contribution in [0.4, 0.5) is 11.4 Å². The molecule has 0 aromatic heterocycles. The van der Waals surface area contributed by atoms with E-state index >= 15 is 0 Å². The van der Waals surface area contributed by atoms with E-state index in [0.29, 0.717) is 0 Å². The van der Waals surface area contributed by atoms with E-state index in [4.69, 9.17) is 0 Å². The fourth-order valence-corrected chi connectivity index (χ4v) is 11.5. The topological polar surface area (TPSA) is 86.3 Å². The van der Waals surface area contributed by atoms with Crippen molar-refractivity contribution in [2.75, 3.05) is 0 Å². The molecule has 0 bridgehead atoms. The van der Waals surface area contributed by atoms with Gasteiger partial charge >= 0.3 is 231 Å². The summed E-state index contributed by atoms with van der Waals surface area (Å²) in [5, 5.41) is 27.8. The fraction of sp³-hybridized carbons (Fsp3) is 0.133. The summed E-state index contributed by atoms with van der Waals surface area (Å²) in [7, 11) is 0. The van der Waals surface area contributed by atoms with Gasteiger partial charge in [0.05, 0.1) is 0 Å². The maximum atomic E-state index is 12.0. The van der Waals surface area contributed by atoms with Crippen LogP contribution in [0.25, 0.3) is 21.5 Å². The molecule has 6 nitrogen and oxygen atoms in total. The third-order valence-corrected chi connectivity index (χ3v) is 13.1. The molecule has 5 aromatic rings. The first kappa shape index (κ1) is 23.6. The van der Waals surface area contributed by atoms with Crippen molar-refractivity contribution < 1.29 is 9.85 Å². The van der Waals surface area contributed by atoms with Crippen molar-refractivity contribution in [2.45, 2.75) is 22.5 Å². The summed E-state index contributed by atoms with van der Waals surface area (Å²) in [4.78, 5) is 23.7. The normalized spacial score (nSPS) is 18.0. The molecule has 0 saturated heterocycles. The first-order valence-corrected chi connectivity index (χ1v) is 16.0. The zero-order valence-corrected chi connectivity index (χ0v) is 23.4. The van der Waals surface area contributed by atoms with Crippen molar-refractivity contribution in [1.82, 2.24) is 0 Å². The Bertz CT molecular complexity index is 1660. The maximum absolute atomic E-state index is 12.0. The van der Waals surface area contributed by atoms with Gasteiger partial charge in [0.2, 0.25) is 0 Å². The monoisotopic (exact) mass is 632 g/mol. The third kappa shape index (κ3) is 3.93. The van der Waals surface area contributed by atoms with Gasteiger partial charge in [0.1, 0.15) is 0 Å². The number of benzene rings is 5. The van der Waals surface area contributed by atoms with E-state index in [-0.39, 0.29) is 60.8 Å². The van der Waals surface area contributed by atoms with Crippen molar-refractivity contribution in [1.29, 1.82) is 0 Å². The van der Waals surface area contributed by atoms with Crippen molar-refractivity contribution >= 4 is 71.8 Å². The zero-order chi connectivity index (χ0) is 26.0. The van der Waals surface area contributed by atoms with Crippen LogP contribution in [0.2, 0.25) is 0 Å². The van der Waals surface area contributed by atoms with Gasteiger partial charge in [0, 0.05) is 0 Å². The van der Waals surface area contributed by atoms with Gasteiger partial charge in [0.25, 0.3) is 0 Å². The molecule has 186 valence electrons. The quantitative estimate of drug-likeness (QED) is 0.158. The Hall–Kier alpha value is -3.54. The first-order valence-electron chi connectivity index (χ1n) is 12.3. The molecule has 2 atom stereocenters. The van der Waals surface area contributed by atoms with E-state index in [1.54, 1.807) is 12.1 Å². The molecule has 5 aromatic carbocycles. The predicted octanol–water partition coefficient (Wildman–Crippen LogP) is 5.06. The Morgan fingerprint density at radius 3 is 1.32 bits per heavy atom. The SMILES string of the molecule is O=[N+]([O-])c1cc2ccccc2cc1C1Cc2cc3c(cc2[Se]1)CC(c1cc2ccccc2cc1[N+](=O)[O-])[Se]3. The summed E-state index contributed by atoms with van der Waals surface area (Å²) in [5.74, 6) is 0. The van der Waals surface area contributed by atoms with E-state index < -0.39 is 0 Å². The minimum absolute atomic E-state index is 0.0810. The molecule has 0 N–H and O–H groups in total. The Balaban J connectivity index is 1.21. The summed E-state index contributed by atoms with van der Waals surface area (Å²) in [6.07, 6.45) is 1.61. The molecule has 0 radical (unpaired) electrons. The first-order chi connectivity index (χ1) is 18.4. The van der Waals surface area contributed by atoms with E-state index in [2.05, 4.69) is 12.1 Å². The number of rotatable bonds is 4. The van der Waals surface area contributed by atoms with Gasteiger partial charge in [-0.2, -0.15) is 0 Å². The molecular weight excluding hydrogens is 610 g/mol. The number of nitro benzene ring substituents is 2. The molecule has 2 heterocycles. The number of fused-ring (bicyclic) bond motifs is 4. The Morgan fingerprint density at radius 2 is 0.947 bits per heavy atom. The van der Waals surface area contributed by atoms with Crippen LogP contribution in [0.1, 0.15) is 31.9 Å². The summed E-state index contributed by atoms with van der Waals surface area (Å²) in [6.45, 7) is 0. The van der Waals surface area contributed by atoms with Gasteiger partial charge in [0.15, 0.2) is 0 Å². The molecule has 0 spiro atoms. The van der Waals surface area contributed by atoms with E-state index in [1.165, 1.54) is 20.1 Å². The van der Waals surface area contributed by atoms with Crippen LogP contribution in [0.3, 0.4) is 0 Å². The van der Waals surface area contributed by atoms with Gasteiger partial charge in [-0.15, -0.1) is 0 Å². The van der Waals surface area contributed by atoms with Crippen LogP contribution in [-0.2, 0) is 12.8 Å². The predicted molar refractivity (Wildman–Crippen MR) is 151 cm³/mol. The van der Waals surface area contributed by atoms with Crippen LogP contribution < -0.4 is 8.92 Å². The molecule has 2 aliphatic rings.